The largest absolute Gasteiger partial charge is 0.368 e. The minimum atomic E-state index is 0.0402. The summed E-state index contributed by atoms with van der Waals surface area (Å²) in [6.07, 6.45) is 5.34. The Balaban J connectivity index is 1.32. The van der Waals surface area contributed by atoms with Crippen molar-refractivity contribution in [3.05, 3.63) is 59.5 Å². The second kappa shape index (κ2) is 8.27. The van der Waals surface area contributed by atoms with Crippen molar-refractivity contribution in [1.29, 1.82) is 0 Å². The lowest BCUT2D eigenvalue weighted by atomic mass is 10.2. The molecule has 0 spiro atoms. The van der Waals surface area contributed by atoms with E-state index in [9.17, 15) is 4.79 Å². The topological polar surface area (TPSA) is 72.1 Å². The Labute approximate surface area is 191 Å². The number of fused-ring (bicyclic) bond motifs is 1. The van der Waals surface area contributed by atoms with Crippen LogP contribution in [0.15, 0.2) is 48.9 Å². The maximum Gasteiger partial charge on any atom is 0.244 e. The summed E-state index contributed by atoms with van der Waals surface area (Å²) in [7, 11) is 1.93. The van der Waals surface area contributed by atoms with Crippen LogP contribution in [0.1, 0.15) is 5.56 Å². The monoisotopic (exact) mass is 449 g/mol. The third-order valence-electron chi connectivity index (χ3n) is 5.96. The van der Waals surface area contributed by atoms with Gasteiger partial charge in [-0.2, -0.15) is 5.10 Å². The quantitative estimate of drug-likeness (QED) is 0.478. The summed E-state index contributed by atoms with van der Waals surface area (Å²) in [5.41, 5.74) is 3.62. The van der Waals surface area contributed by atoms with Gasteiger partial charge in [0.1, 0.15) is 12.2 Å². The van der Waals surface area contributed by atoms with Crippen LogP contribution in [0.3, 0.4) is 0 Å². The maximum absolute atomic E-state index is 13.1. The summed E-state index contributed by atoms with van der Waals surface area (Å²) in [5, 5.41) is 6.37. The molecule has 0 unspecified atom stereocenters. The van der Waals surface area contributed by atoms with Crippen molar-refractivity contribution < 1.29 is 4.79 Å². The molecular formula is C23H24ClN7O. The Morgan fingerprint density at radius 3 is 2.62 bits per heavy atom. The van der Waals surface area contributed by atoms with Crippen molar-refractivity contribution >= 4 is 34.2 Å². The van der Waals surface area contributed by atoms with Gasteiger partial charge < -0.3 is 14.4 Å². The average Bonchev–Trinajstić information content (AvgIpc) is 3.39. The fraction of sp³-hybridized carbons (Fsp3) is 0.304. The van der Waals surface area contributed by atoms with Gasteiger partial charge in [0.2, 0.25) is 5.91 Å². The molecule has 4 heterocycles. The number of piperazine rings is 1. The summed E-state index contributed by atoms with van der Waals surface area (Å²) in [4.78, 5) is 26.2. The van der Waals surface area contributed by atoms with Crippen molar-refractivity contribution in [2.24, 2.45) is 7.05 Å². The molecule has 1 fully saturated rings. The first-order valence-electron chi connectivity index (χ1n) is 10.6. The molecular weight excluding hydrogens is 426 g/mol. The second-order valence-electron chi connectivity index (χ2n) is 8.04. The van der Waals surface area contributed by atoms with Gasteiger partial charge in [-0.3, -0.25) is 4.79 Å². The Bertz CT molecular complexity index is 1290. The number of rotatable bonds is 4. The van der Waals surface area contributed by atoms with E-state index in [0.29, 0.717) is 18.7 Å². The molecule has 164 valence electrons. The number of nitrogens with zero attached hydrogens (tertiary/aromatic N) is 7. The minimum absolute atomic E-state index is 0.0402. The number of carbonyl (C=O) groups is 1. The standard InChI is InChI=1S/C23H24ClN7O/c1-16-14-17(5-6-19(16)24)29-10-12-30(13-11-29)20(32)15-31-22-18(4-3-7-25-22)21(27-31)23-26-8-9-28(23)2/h3-9,14H,10-13,15H2,1-2H3. The Morgan fingerprint density at radius 1 is 1.09 bits per heavy atom. The van der Waals surface area contributed by atoms with Crippen LogP contribution in [-0.4, -0.2) is 61.3 Å². The number of aryl methyl sites for hydroxylation is 2. The third-order valence-corrected chi connectivity index (χ3v) is 6.39. The highest BCUT2D eigenvalue weighted by atomic mass is 35.5. The number of pyridine rings is 1. The van der Waals surface area contributed by atoms with Gasteiger partial charge in [-0.05, 0) is 42.8 Å². The van der Waals surface area contributed by atoms with Gasteiger partial charge >= 0.3 is 0 Å². The predicted molar refractivity (Wildman–Crippen MR) is 125 cm³/mol. The van der Waals surface area contributed by atoms with Crippen LogP contribution < -0.4 is 4.90 Å². The lowest BCUT2D eigenvalue weighted by molar-refractivity contribution is -0.132. The van der Waals surface area contributed by atoms with Crippen molar-refractivity contribution in [1.82, 2.24) is 29.2 Å². The zero-order valence-corrected chi connectivity index (χ0v) is 18.8. The number of imidazole rings is 1. The van der Waals surface area contributed by atoms with E-state index in [2.05, 4.69) is 20.9 Å². The molecule has 0 N–H and O–H groups in total. The van der Waals surface area contributed by atoms with Gasteiger partial charge in [-0.1, -0.05) is 11.6 Å². The Morgan fingerprint density at radius 2 is 1.91 bits per heavy atom. The van der Waals surface area contributed by atoms with E-state index in [-0.39, 0.29) is 12.5 Å². The van der Waals surface area contributed by atoms with Crippen molar-refractivity contribution in [3.8, 4) is 11.5 Å². The lowest BCUT2D eigenvalue weighted by Gasteiger charge is -2.36. The number of benzene rings is 1. The van der Waals surface area contributed by atoms with E-state index < -0.39 is 0 Å². The number of halogens is 1. The highest BCUT2D eigenvalue weighted by Gasteiger charge is 2.24. The fourth-order valence-electron chi connectivity index (χ4n) is 4.15. The number of aromatic nitrogens is 5. The number of hydrogen-bond acceptors (Lipinski definition) is 5. The van der Waals surface area contributed by atoms with Gasteiger partial charge in [-0.25, -0.2) is 14.6 Å². The molecule has 32 heavy (non-hydrogen) atoms. The van der Waals surface area contributed by atoms with Gasteiger partial charge in [0.25, 0.3) is 0 Å². The zero-order valence-electron chi connectivity index (χ0n) is 18.1. The third kappa shape index (κ3) is 3.71. The SMILES string of the molecule is Cc1cc(N2CCN(C(=O)Cn3nc(-c4nccn4C)c4cccnc43)CC2)ccc1Cl. The molecule has 3 aromatic heterocycles. The molecule has 1 saturated heterocycles. The highest BCUT2D eigenvalue weighted by molar-refractivity contribution is 6.31. The van der Waals surface area contributed by atoms with E-state index in [1.165, 1.54) is 0 Å². The molecule has 0 radical (unpaired) electrons. The van der Waals surface area contributed by atoms with Gasteiger partial charge in [0.15, 0.2) is 11.5 Å². The van der Waals surface area contributed by atoms with Crippen LogP contribution in [0.25, 0.3) is 22.6 Å². The van der Waals surface area contributed by atoms with Crippen LogP contribution in [0, 0.1) is 6.92 Å². The molecule has 0 aliphatic carbocycles. The Kier molecular flexibility index (Phi) is 5.30. The number of anilines is 1. The van der Waals surface area contributed by atoms with E-state index in [1.807, 2.05) is 53.9 Å². The summed E-state index contributed by atoms with van der Waals surface area (Å²) in [5.74, 6) is 0.791. The van der Waals surface area contributed by atoms with Gasteiger partial charge in [-0.15, -0.1) is 0 Å². The van der Waals surface area contributed by atoms with E-state index >= 15 is 0 Å². The first kappa shape index (κ1) is 20.5. The van der Waals surface area contributed by atoms with Crippen LogP contribution in [0.5, 0.6) is 0 Å². The predicted octanol–water partition coefficient (Wildman–Crippen LogP) is 3.14. The van der Waals surface area contributed by atoms with Crippen molar-refractivity contribution in [2.45, 2.75) is 13.5 Å². The zero-order chi connectivity index (χ0) is 22.2. The molecule has 8 nitrogen and oxygen atoms in total. The lowest BCUT2D eigenvalue weighted by Crippen LogP contribution is -2.49. The van der Waals surface area contributed by atoms with E-state index in [4.69, 9.17) is 16.7 Å². The molecule has 1 aliphatic heterocycles. The van der Waals surface area contributed by atoms with Crippen LogP contribution >= 0.6 is 11.6 Å². The second-order valence-corrected chi connectivity index (χ2v) is 8.45. The summed E-state index contributed by atoms with van der Waals surface area (Å²) < 4.78 is 3.61. The molecule has 0 saturated carbocycles. The summed E-state index contributed by atoms with van der Waals surface area (Å²) >= 11 is 6.16. The summed E-state index contributed by atoms with van der Waals surface area (Å²) in [6, 6.07) is 9.90. The fourth-order valence-corrected chi connectivity index (χ4v) is 4.26. The molecule has 1 amide bonds. The smallest absolute Gasteiger partial charge is 0.244 e. The number of hydrogen-bond donors (Lipinski definition) is 0. The van der Waals surface area contributed by atoms with E-state index in [1.54, 1.807) is 17.1 Å². The normalized spacial score (nSPS) is 14.3. The first-order chi connectivity index (χ1) is 15.5. The average molecular weight is 450 g/mol. The molecule has 9 heteroatoms. The van der Waals surface area contributed by atoms with Crippen LogP contribution in [-0.2, 0) is 18.4 Å². The molecule has 4 aromatic rings. The first-order valence-corrected chi connectivity index (χ1v) is 11.0. The molecule has 5 rings (SSSR count). The van der Waals surface area contributed by atoms with Crippen molar-refractivity contribution in [3.63, 3.8) is 0 Å². The summed E-state index contributed by atoms with van der Waals surface area (Å²) in [6.45, 7) is 5.05. The molecule has 0 bridgehead atoms. The number of carbonyl (C=O) groups excluding carboxylic acids is 1. The van der Waals surface area contributed by atoms with Crippen LogP contribution in [0.2, 0.25) is 5.02 Å². The molecule has 1 aromatic carbocycles. The molecule has 1 aliphatic rings. The Hall–Kier alpha value is -3.39. The van der Waals surface area contributed by atoms with E-state index in [0.717, 1.165) is 46.3 Å². The maximum atomic E-state index is 13.1. The molecule has 0 atom stereocenters. The van der Waals surface area contributed by atoms with Gasteiger partial charge in [0, 0.05) is 62.5 Å². The van der Waals surface area contributed by atoms with Gasteiger partial charge in [0.05, 0.1) is 5.39 Å². The number of amides is 1. The highest BCUT2D eigenvalue weighted by Crippen LogP contribution is 2.26. The minimum Gasteiger partial charge on any atom is -0.368 e. The van der Waals surface area contributed by atoms with Crippen molar-refractivity contribution in [2.75, 3.05) is 31.1 Å². The van der Waals surface area contributed by atoms with Crippen LogP contribution in [0.4, 0.5) is 5.69 Å².